The van der Waals surface area contributed by atoms with Crippen molar-refractivity contribution in [3.05, 3.63) is 23.8 Å². The monoisotopic (exact) mass is 276 g/mol. The second kappa shape index (κ2) is 8.98. The molecule has 1 rings (SSSR count). The van der Waals surface area contributed by atoms with Gasteiger partial charge in [0.15, 0.2) is 5.92 Å². The summed E-state index contributed by atoms with van der Waals surface area (Å²) < 4.78 is 9.14. The van der Waals surface area contributed by atoms with E-state index in [1.807, 2.05) is 0 Å². The summed E-state index contributed by atoms with van der Waals surface area (Å²) in [4.78, 5) is 22.8. The van der Waals surface area contributed by atoms with E-state index in [4.69, 9.17) is 0 Å². The molecular formula is C16H20O4. The largest absolute Gasteiger partial charge is 0.468 e. The van der Waals surface area contributed by atoms with Gasteiger partial charge in [-0.25, -0.2) is 0 Å². The molecule has 0 saturated carbocycles. The smallest absolute Gasteiger partial charge is 0.320 e. The van der Waals surface area contributed by atoms with E-state index < -0.39 is 17.9 Å². The van der Waals surface area contributed by atoms with Crippen molar-refractivity contribution in [3.63, 3.8) is 0 Å². The van der Waals surface area contributed by atoms with Crippen LogP contribution in [-0.2, 0) is 19.1 Å². The molecule has 1 aliphatic carbocycles. The van der Waals surface area contributed by atoms with E-state index in [2.05, 4.69) is 27.4 Å². The lowest BCUT2D eigenvalue weighted by Crippen LogP contribution is -2.25. The predicted octanol–water partition coefficient (Wildman–Crippen LogP) is 2.40. The molecule has 0 bridgehead atoms. The Balaban J connectivity index is 2.52. The van der Waals surface area contributed by atoms with Crippen molar-refractivity contribution in [2.24, 2.45) is 5.92 Å². The van der Waals surface area contributed by atoms with Gasteiger partial charge in [-0.3, -0.25) is 9.59 Å². The van der Waals surface area contributed by atoms with Crippen molar-refractivity contribution in [1.82, 2.24) is 0 Å². The quantitative estimate of drug-likeness (QED) is 0.449. The van der Waals surface area contributed by atoms with Crippen LogP contribution in [-0.4, -0.2) is 26.2 Å². The zero-order chi connectivity index (χ0) is 14.8. The first-order valence-electron chi connectivity index (χ1n) is 6.70. The number of carbonyl (C=O) groups is 2. The van der Waals surface area contributed by atoms with Crippen LogP contribution in [0, 0.1) is 17.8 Å². The first-order chi connectivity index (χ1) is 9.69. The van der Waals surface area contributed by atoms with Gasteiger partial charge in [-0.2, -0.15) is 0 Å². The molecular weight excluding hydrogens is 256 g/mol. The number of carbonyl (C=O) groups excluding carboxylic acids is 2. The molecule has 0 amide bonds. The van der Waals surface area contributed by atoms with Crippen molar-refractivity contribution in [2.45, 2.75) is 32.1 Å². The van der Waals surface area contributed by atoms with Crippen molar-refractivity contribution >= 4 is 11.9 Å². The Bertz CT molecular complexity index is 447. The second-order valence-electron chi connectivity index (χ2n) is 4.48. The van der Waals surface area contributed by atoms with Crippen LogP contribution in [0.5, 0.6) is 0 Å². The molecule has 0 unspecified atom stereocenters. The fourth-order valence-corrected chi connectivity index (χ4v) is 1.92. The molecule has 0 aromatic rings. The van der Waals surface area contributed by atoms with E-state index >= 15 is 0 Å². The van der Waals surface area contributed by atoms with Gasteiger partial charge in [0, 0.05) is 0 Å². The van der Waals surface area contributed by atoms with E-state index in [0.29, 0.717) is 0 Å². The van der Waals surface area contributed by atoms with E-state index in [9.17, 15) is 9.59 Å². The Morgan fingerprint density at radius 1 is 1.30 bits per heavy atom. The molecule has 4 nitrogen and oxygen atoms in total. The third-order valence-electron chi connectivity index (χ3n) is 3.07. The third-order valence-corrected chi connectivity index (χ3v) is 3.07. The first kappa shape index (κ1) is 16.0. The summed E-state index contributed by atoms with van der Waals surface area (Å²) in [5.41, 5.74) is 1.17. The lowest BCUT2D eigenvalue weighted by Gasteiger charge is -2.09. The Morgan fingerprint density at radius 2 is 2.00 bits per heavy atom. The van der Waals surface area contributed by atoms with Gasteiger partial charge in [0.05, 0.1) is 14.2 Å². The maximum Gasteiger partial charge on any atom is 0.320 e. The van der Waals surface area contributed by atoms with Crippen molar-refractivity contribution in [1.29, 1.82) is 0 Å². The van der Waals surface area contributed by atoms with Crippen LogP contribution in [0.25, 0.3) is 0 Å². The molecule has 1 aliphatic rings. The van der Waals surface area contributed by atoms with E-state index in [1.54, 1.807) is 12.2 Å². The lowest BCUT2D eigenvalue weighted by molar-refractivity contribution is -0.158. The van der Waals surface area contributed by atoms with Gasteiger partial charge in [-0.1, -0.05) is 24.0 Å². The standard InChI is InChI=1S/C16H20O4/c1-19-15(17)14(16(18)20-2)12-8-4-7-11-13-9-5-3-6-10-13/h4,8-9,14H,3,5-6,10,12H2,1-2H3. The zero-order valence-electron chi connectivity index (χ0n) is 12.0. The van der Waals surface area contributed by atoms with Crippen LogP contribution in [0.15, 0.2) is 23.8 Å². The molecule has 4 heteroatoms. The summed E-state index contributed by atoms with van der Waals surface area (Å²) >= 11 is 0. The van der Waals surface area contributed by atoms with Crippen LogP contribution in [0.2, 0.25) is 0 Å². The number of allylic oxidation sites excluding steroid dienone is 4. The Labute approximate surface area is 119 Å². The number of hydrogen-bond acceptors (Lipinski definition) is 4. The molecule has 0 fully saturated rings. The third kappa shape index (κ3) is 5.31. The van der Waals surface area contributed by atoms with Gasteiger partial charge in [0.2, 0.25) is 0 Å². The first-order valence-corrected chi connectivity index (χ1v) is 6.70. The molecule has 0 N–H and O–H groups in total. The predicted molar refractivity (Wildman–Crippen MR) is 75.6 cm³/mol. The fourth-order valence-electron chi connectivity index (χ4n) is 1.92. The van der Waals surface area contributed by atoms with Gasteiger partial charge >= 0.3 is 11.9 Å². The average Bonchev–Trinajstić information content (AvgIpc) is 2.50. The summed E-state index contributed by atoms with van der Waals surface area (Å²) in [6.07, 6.45) is 10.3. The van der Waals surface area contributed by atoms with Gasteiger partial charge < -0.3 is 9.47 Å². The molecule has 0 aliphatic heterocycles. The number of esters is 2. The second-order valence-corrected chi connectivity index (χ2v) is 4.48. The molecule has 0 aromatic carbocycles. The summed E-state index contributed by atoms with van der Waals surface area (Å²) in [5, 5.41) is 0. The summed E-state index contributed by atoms with van der Waals surface area (Å²) in [7, 11) is 2.49. The van der Waals surface area contributed by atoms with Crippen LogP contribution >= 0.6 is 0 Å². The molecule has 20 heavy (non-hydrogen) atoms. The van der Waals surface area contributed by atoms with Crippen molar-refractivity contribution < 1.29 is 19.1 Å². The summed E-state index contributed by atoms with van der Waals surface area (Å²) in [6.45, 7) is 0. The maximum atomic E-state index is 11.4. The number of hydrogen-bond donors (Lipinski definition) is 0. The van der Waals surface area contributed by atoms with Crippen molar-refractivity contribution in [2.75, 3.05) is 14.2 Å². The van der Waals surface area contributed by atoms with Gasteiger partial charge in [0.25, 0.3) is 0 Å². The Morgan fingerprint density at radius 3 is 2.55 bits per heavy atom. The molecule has 0 heterocycles. The molecule has 0 saturated heterocycles. The Kier molecular flexibility index (Phi) is 7.20. The highest BCUT2D eigenvalue weighted by Crippen LogP contribution is 2.16. The molecule has 0 radical (unpaired) electrons. The van der Waals surface area contributed by atoms with E-state index in [-0.39, 0.29) is 6.42 Å². The van der Waals surface area contributed by atoms with E-state index in [1.165, 1.54) is 32.6 Å². The lowest BCUT2D eigenvalue weighted by atomic mass is 10.0. The van der Waals surface area contributed by atoms with Gasteiger partial charge in [0.1, 0.15) is 0 Å². The highest BCUT2D eigenvalue weighted by molar-refractivity contribution is 5.94. The van der Waals surface area contributed by atoms with Crippen LogP contribution in [0.4, 0.5) is 0 Å². The number of methoxy groups -OCH3 is 2. The highest BCUT2D eigenvalue weighted by Gasteiger charge is 2.26. The van der Waals surface area contributed by atoms with Crippen LogP contribution in [0.3, 0.4) is 0 Å². The minimum absolute atomic E-state index is 0.229. The molecule has 108 valence electrons. The number of rotatable bonds is 4. The Hall–Kier alpha value is -2.02. The maximum absolute atomic E-state index is 11.4. The minimum Gasteiger partial charge on any atom is -0.468 e. The summed E-state index contributed by atoms with van der Waals surface area (Å²) in [5.74, 6) is 3.89. The fraction of sp³-hybridized carbons (Fsp3) is 0.500. The molecule has 0 aromatic heterocycles. The average molecular weight is 276 g/mol. The highest BCUT2D eigenvalue weighted by atomic mass is 16.5. The topological polar surface area (TPSA) is 52.6 Å². The van der Waals surface area contributed by atoms with Gasteiger partial charge in [-0.05, 0) is 43.8 Å². The van der Waals surface area contributed by atoms with Crippen LogP contribution < -0.4 is 0 Å². The van der Waals surface area contributed by atoms with Crippen molar-refractivity contribution in [3.8, 4) is 11.8 Å². The SMILES string of the molecule is COC(=O)C(CC=CC#CC1=CCCCC1)C(=O)OC. The van der Waals surface area contributed by atoms with Gasteiger partial charge in [-0.15, -0.1) is 0 Å². The zero-order valence-corrected chi connectivity index (χ0v) is 12.0. The number of ether oxygens (including phenoxy) is 2. The normalized spacial score (nSPS) is 14.4. The molecule has 0 spiro atoms. The molecule has 0 atom stereocenters. The van der Waals surface area contributed by atoms with Crippen LogP contribution in [0.1, 0.15) is 32.1 Å². The minimum atomic E-state index is -0.919. The summed E-state index contributed by atoms with van der Waals surface area (Å²) in [6, 6.07) is 0. The van der Waals surface area contributed by atoms with E-state index in [0.717, 1.165) is 12.8 Å².